The van der Waals surface area contributed by atoms with Gasteiger partial charge in [0.05, 0.1) is 23.9 Å². The highest BCUT2D eigenvalue weighted by Crippen LogP contribution is 2.40. The molecule has 47 heavy (non-hydrogen) atoms. The summed E-state index contributed by atoms with van der Waals surface area (Å²) >= 11 is 13.1. The molecule has 2 atom stereocenters. The van der Waals surface area contributed by atoms with E-state index in [9.17, 15) is 9.59 Å². The Labute approximate surface area is 282 Å². The number of hydrogen-bond acceptors (Lipinski definition) is 7. The molecule has 5 rings (SSSR count). The number of anilines is 1. The van der Waals surface area contributed by atoms with Crippen LogP contribution in [-0.2, 0) is 9.53 Å². The second-order valence-corrected chi connectivity index (χ2v) is 13.0. The zero-order valence-corrected chi connectivity index (χ0v) is 28.1. The Morgan fingerprint density at radius 2 is 1.85 bits per heavy atom. The SMILES string of the molecule is [C-]#[N+]c1c(C(=O)OC2C(C)CC(C)CC2C)c2nc(-c3ccc(Cl)c(NCOc4cc(C)ccc4OCCCC(=O)O)c3)[nH]n2c1Cl. The molecule has 1 aliphatic rings. The molecule has 11 nitrogen and oxygen atoms in total. The summed E-state index contributed by atoms with van der Waals surface area (Å²) in [5.74, 6) is 0.840. The first kappa shape index (κ1) is 33.9. The largest absolute Gasteiger partial charge is 0.490 e. The van der Waals surface area contributed by atoms with Crippen LogP contribution >= 0.6 is 23.2 Å². The van der Waals surface area contributed by atoms with Crippen LogP contribution in [0.4, 0.5) is 11.4 Å². The lowest BCUT2D eigenvalue weighted by Crippen LogP contribution is -2.37. The van der Waals surface area contributed by atoms with Gasteiger partial charge in [0.25, 0.3) is 0 Å². The third-order valence-corrected chi connectivity index (χ3v) is 9.03. The first-order valence-corrected chi connectivity index (χ1v) is 16.2. The summed E-state index contributed by atoms with van der Waals surface area (Å²) in [6.07, 6.45) is 2.04. The van der Waals surface area contributed by atoms with E-state index in [1.807, 2.05) is 19.1 Å². The van der Waals surface area contributed by atoms with Crippen LogP contribution in [-0.4, -0.2) is 51.1 Å². The predicted octanol–water partition coefficient (Wildman–Crippen LogP) is 8.41. The number of ether oxygens (including phenoxy) is 3. The van der Waals surface area contributed by atoms with Gasteiger partial charge in [-0.25, -0.2) is 19.1 Å². The van der Waals surface area contributed by atoms with Gasteiger partial charge in [-0.1, -0.05) is 50.0 Å². The maximum atomic E-state index is 13.6. The summed E-state index contributed by atoms with van der Waals surface area (Å²) in [5.41, 5.74) is 2.39. The molecule has 2 unspecified atom stereocenters. The lowest BCUT2D eigenvalue weighted by Gasteiger charge is -2.37. The van der Waals surface area contributed by atoms with Gasteiger partial charge >= 0.3 is 11.9 Å². The van der Waals surface area contributed by atoms with Crippen molar-refractivity contribution in [1.82, 2.24) is 14.6 Å². The molecule has 0 amide bonds. The number of carbonyl (C=O) groups excluding carboxylic acids is 1. The van der Waals surface area contributed by atoms with E-state index in [0.717, 1.165) is 18.4 Å². The van der Waals surface area contributed by atoms with Crippen LogP contribution < -0.4 is 14.8 Å². The summed E-state index contributed by atoms with van der Waals surface area (Å²) < 4.78 is 19.2. The Hall–Kier alpha value is -4.40. The average Bonchev–Trinajstić information content (AvgIpc) is 3.56. The van der Waals surface area contributed by atoms with Crippen molar-refractivity contribution in [2.45, 2.75) is 59.5 Å². The fourth-order valence-corrected chi connectivity index (χ4v) is 6.69. The number of halogens is 2. The summed E-state index contributed by atoms with van der Waals surface area (Å²) in [6, 6.07) is 10.7. The number of esters is 1. The van der Waals surface area contributed by atoms with E-state index in [-0.39, 0.29) is 59.7 Å². The van der Waals surface area contributed by atoms with Crippen molar-refractivity contribution in [3.63, 3.8) is 0 Å². The minimum atomic E-state index is -0.877. The smallest absolute Gasteiger partial charge is 0.331 e. The Kier molecular flexibility index (Phi) is 10.5. The van der Waals surface area contributed by atoms with Gasteiger partial charge < -0.3 is 24.6 Å². The van der Waals surface area contributed by atoms with Crippen LogP contribution in [0.2, 0.25) is 10.2 Å². The topological polar surface area (TPSA) is 132 Å². The number of hydrogen-bond donors (Lipinski definition) is 3. The number of aryl methyl sites for hydroxylation is 1. The van der Waals surface area contributed by atoms with Crippen LogP contribution in [0, 0.1) is 31.2 Å². The van der Waals surface area contributed by atoms with Gasteiger partial charge in [-0.05, 0) is 79.8 Å². The summed E-state index contributed by atoms with van der Waals surface area (Å²) in [6.45, 7) is 16.3. The number of benzene rings is 2. The molecule has 4 aromatic rings. The fraction of sp³-hybridized carbons (Fsp3) is 0.412. The molecule has 1 aliphatic carbocycles. The third kappa shape index (κ3) is 7.61. The highest BCUT2D eigenvalue weighted by Gasteiger charge is 2.36. The predicted molar refractivity (Wildman–Crippen MR) is 180 cm³/mol. The van der Waals surface area contributed by atoms with E-state index in [0.29, 0.717) is 45.9 Å². The molecular weight excluding hydrogens is 645 g/mol. The van der Waals surface area contributed by atoms with E-state index < -0.39 is 11.9 Å². The van der Waals surface area contributed by atoms with Crippen LogP contribution in [0.3, 0.4) is 0 Å². The molecular formula is C34H37Cl2N5O6. The molecule has 0 radical (unpaired) electrons. The van der Waals surface area contributed by atoms with Crippen molar-refractivity contribution >= 4 is 52.2 Å². The lowest BCUT2D eigenvalue weighted by molar-refractivity contribution is -0.137. The standard InChI is InChI=1S/C34H37Cl2N5O6/c1-18-8-11-25(45-12-6-7-27(42)43)26(15-18)46-17-38-24-16-22(9-10-23(24)35)32-39-33-28(29(37-5)31(36)41(33)40-32)34(44)47-30-20(3)13-19(2)14-21(30)4/h8-11,15-16,19-21,30,38H,6-7,12-14,17H2,1-4H3,(H,39,40)(H,42,43). The number of fused-ring (bicyclic) bond motifs is 1. The zero-order valence-electron chi connectivity index (χ0n) is 26.6. The van der Waals surface area contributed by atoms with E-state index in [4.69, 9.17) is 49.1 Å². The van der Waals surface area contributed by atoms with Crippen LogP contribution in [0.25, 0.3) is 21.9 Å². The Morgan fingerprint density at radius 3 is 2.55 bits per heavy atom. The average molecular weight is 683 g/mol. The lowest BCUT2D eigenvalue weighted by atomic mass is 9.75. The summed E-state index contributed by atoms with van der Waals surface area (Å²) in [4.78, 5) is 32.6. The van der Waals surface area contributed by atoms with Crippen LogP contribution in [0.1, 0.15) is 62.4 Å². The van der Waals surface area contributed by atoms with Gasteiger partial charge in [-0.2, -0.15) is 0 Å². The molecule has 0 aliphatic heterocycles. The number of nitrogens with zero attached hydrogens (tertiary/aromatic N) is 3. The third-order valence-electron chi connectivity index (χ3n) is 8.35. The van der Waals surface area contributed by atoms with Crippen molar-refractivity contribution in [3.05, 3.63) is 69.1 Å². The van der Waals surface area contributed by atoms with Gasteiger partial charge in [0.2, 0.25) is 5.69 Å². The first-order chi connectivity index (χ1) is 22.5. The normalized spacial score (nSPS) is 19.3. The fourth-order valence-electron chi connectivity index (χ4n) is 6.25. The molecule has 0 spiro atoms. The molecule has 1 fully saturated rings. The molecule has 0 saturated heterocycles. The Bertz CT molecular complexity index is 1820. The number of H-pyrrole nitrogens is 1. The van der Waals surface area contributed by atoms with Gasteiger partial charge in [0, 0.05) is 12.0 Å². The van der Waals surface area contributed by atoms with E-state index in [1.54, 1.807) is 24.3 Å². The number of carboxylic acids is 1. The van der Waals surface area contributed by atoms with Crippen molar-refractivity contribution in [2.24, 2.45) is 17.8 Å². The highest BCUT2D eigenvalue weighted by atomic mass is 35.5. The molecule has 0 bridgehead atoms. The Balaban J connectivity index is 1.34. The second-order valence-electron chi connectivity index (χ2n) is 12.2. The summed E-state index contributed by atoms with van der Waals surface area (Å²) in [5, 5.41) is 15.6. The van der Waals surface area contributed by atoms with Gasteiger partial charge in [0.1, 0.15) is 16.8 Å². The van der Waals surface area contributed by atoms with Crippen LogP contribution in [0.5, 0.6) is 11.5 Å². The van der Waals surface area contributed by atoms with Crippen molar-refractivity contribution in [1.29, 1.82) is 0 Å². The second kappa shape index (κ2) is 14.6. The minimum Gasteiger partial charge on any atom is -0.490 e. The molecule has 13 heteroatoms. The molecule has 2 heterocycles. The quantitative estimate of drug-likeness (QED) is 0.0588. The maximum absolute atomic E-state index is 13.6. The monoisotopic (exact) mass is 681 g/mol. The van der Waals surface area contributed by atoms with Crippen molar-refractivity contribution in [3.8, 4) is 22.9 Å². The van der Waals surface area contributed by atoms with E-state index in [1.165, 1.54) is 4.52 Å². The van der Waals surface area contributed by atoms with Gasteiger partial charge in [0.15, 0.2) is 29.7 Å². The van der Waals surface area contributed by atoms with Gasteiger partial charge in [-0.3, -0.25) is 9.89 Å². The summed E-state index contributed by atoms with van der Waals surface area (Å²) in [7, 11) is 0. The molecule has 2 aromatic carbocycles. The number of nitrogens with one attached hydrogen (secondary N) is 2. The number of aromatic nitrogens is 3. The highest BCUT2D eigenvalue weighted by molar-refractivity contribution is 6.34. The molecule has 3 N–H and O–H groups in total. The van der Waals surface area contributed by atoms with E-state index >= 15 is 0 Å². The minimum absolute atomic E-state index is 0.0107. The first-order valence-electron chi connectivity index (χ1n) is 15.5. The van der Waals surface area contributed by atoms with Gasteiger partial charge in [-0.15, -0.1) is 0 Å². The molecule has 248 valence electrons. The zero-order chi connectivity index (χ0) is 33.8. The molecule has 1 saturated carbocycles. The van der Waals surface area contributed by atoms with Crippen molar-refractivity contribution < 1.29 is 28.9 Å². The number of aliphatic carboxylic acids is 1. The van der Waals surface area contributed by atoms with E-state index in [2.05, 4.69) is 41.0 Å². The number of carboxylic acid groups (broad SMARTS) is 1. The number of rotatable bonds is 12. The number of aromatic amines is 1. The van der Waals surface area contributed by atoms with Crippen LogP contribution in [0.15, 0.2) is 36.4 Å². The Morgan fingerprint density at radius 1 is 1.11 bits per heavy atom. The van der Waals surface area contributed by atoms with Crippen molar-refractivity contribution in [2.75, 3.05) is 18.7 Å². The maximum Gasteiger partial charge on any atom is 0.331 e. The molecule has 2 aromatic heterocycles. The number of carbonyl (C=O) groups is 2.